The van der Waals surface area contributed by atoms with E-state index in [2.05, 4.69) is 28.7 Å². The fourth-order valence-corrected chi connectivity index (χ4v) is 2.26. The van der Waals surface area contributed by atoms with Crippen molar-refractivity contribution in [1.29, 1.82) is 0 Å². The molecule has 0 aliphatic heterocycles. The molecule has 0 bridgehead atoms. The van der Waals surface area contributed by atoms with Crippen molar-refractivity contribution in [2.45, 2.75) is 0 Å². The van der Waals surface area contributed by atoms with E-state index >= 15 is 0 Å². The molecule has 0 spiro atoms. The second-order valence-electron chi connectivity index (χ2n) is 3.89. The first kappa shape index (κ1) is 11.5. The molecule has 2 heteroatoms. The van der Waals surface area contributed by atoms with E-state index in [1.54, 1.807) is 17.5 Å². The van der Waals surface area contributed by atoms with Crippen LogP contribution in [0.2, 0.25) is 0 Å². The standard InChI is InChI=1S/C17H9NS/c1(3-8-16-9-5-11-19-16)6-14-12-15-7-2-4-10-17(15)18-13-14/h2,4-5,7,9-13H. The van der Waals surface area contributed by atoms with Gasteiger partial charge in [-0.3, -0.25) is 4.98 Å². The lowest BCUT2D eigenvalue weighted by Gasteiger charge is -1.95. The molecule has 19 heavy (non-hydrogen) atoms. The van der Waals surface area contributed by atoms with Crippen LogP contribution in [-0.2, 0) is 0 Å². The van der Waals surface area contributed by atoms with Crippen LogP contribution in [0.1, 0.15) is 10.4 Å². The van der Waals surface area contributed by atoms with E-state index in [1.807, 2.05) is 47.8 Å². The van der Waals surface area contributed by atoms with Crippen LogP contribution in [0.3, 0.4) is 0 Å². The van der Waals surface area contributed by atoms with Crippen molar-refractivity contribution < 1.29 is 0 Å². The Labute approximate surface area is 115 Å². The summed E-state index contributed by atoms with van der Waals surface area (Å²) in [6.45, 7) is 0. The second kappa shape index (κ2) is 5.40. The summed E-state index contributed by atoms with van der Waals surface area (Å²) < 4.78 is 0. The molecular weight excluding hydrogens is 250 g/mol. The molecule has 0 N–H and O–H groups in total. The summed E-state index contributed by atoms with van der Waals surface area (Å²) in [5.41, 5.74) is 1.87. The average Bonchev–Trinajstić information content (AvgIpc) is 2.97. The average molecular weight is 259 g/mol. The maximum Gasteiger partial charge on any atom is 0.0778 e. The Morgan fingerprint density at radius 1 is 0.947 bits per heavy atom. The summed E-state index contributed by atoms with van der Waals surface area (Å²) >= 11 is 1.62. The van der Waals surface area contributed by atoms with Gasteiger partial charge >= 0.3 is 0 Å². The summed E-state index contributed by atoms with van der Waals surface area (Å²) in [5.74, 6) is 11.7. The van der Waals surface area contributed by atoms with Crippen LogP contribution in [0.5, 0.6) is 0 Å². The molecule has 0 aliphatic carbocycles. The first-order valence-electron chi connectivity index (χ1n) is 5.82. The number of nitrogens with zero attached hydrogens (tertiary/aromatic N) is 1. The molecule has 0 radical (unpaired) electrons. The van der Waals surface area contributed by atoms with Gasteiger partial charge in [0.05, 0.1) is 10.4 Å². The molecule has 3 rings (SSSR count). The Kier molecular flexibility index (Phi) is 3.28. The predicted octanol–water partition coefficient (Wildman–Crippen LogP) is 3.70. The molecule has 1 aromatic carbocycles. The number of rotatable bonds is 0. The highest BCUT2D eigenvalue weighted by Crippen LogP contribution is 2.11. The Bertz CT molecular complexity index is 824. The smallest absolute Gasteiger partial charge is 0.0778 e. The van der Waals surface area contributed by atoms with Crippen molar-refractivity contribution in [3.8, 4) is 23.7 Å². The highest BCUT2D eigenvalue weighted by atomic mass is 32.1. The van der Waals surface area contributed by atoms with E-state index in [0.717, 1.165) is 21.3 Å². The fourth-order valence-electron chi connectivity index (χ4n) is 1.69. The van der Waals surface area contributed by atoms with Crippen molar-refractivity contribution >= 4 is 22.2 Å². The molecule has 3 aromatic rings. The van der Waals surface area contributed by atoms with Crippen molar-refractivity contribution in [2.75, 3.05) is 0 Å². The minimum atomic E-state index is 0.888. The van der Waals surface area contributed by atoms with Crippen LogP contribution in [0.25, 0.3) is 10.9 Å². The molecule has 0 amide bonds. The maximum absolute atomic E-state index is 4.36. The molecule has 0 atom stereocenters. The fraction of sp³-hybridized carbons (Fsp3) is 0. The third-order valence-electron chi connectivity index (χ3n) is 2.57. The topological polar surface area (TPSA) is 12.9 Å². The molecule has 1 nitrogen and oxygen atoms in total. The molecule has 0 unspecified atom stereocenters. The number of aromatic nitrogens is 1. The largest absolute Gasteiger partial charge is 0.255 e. The lowest BCUT2D eigenvalue weighted by atomic mass is 10.2. The van der Waals surface area contributed by atoms with Crippen LogP contribution in [0, 0.1) is 23.7 Å². The lowest BCUT2D eigenvalue weighted by molar-refractivity contribution is 1.39. The van der Waals surface area contributed by atoms with Crippen LogP contribution >= 0.6 is 11.3 Å². The number of hydrogen-bond acceptors (Lipinski definition) is 2. The molecule has 0 fully saturated rings. The first-order chi connectivity index (χ1) is 9.42. The van der Waals surface area contributed by atoms with Crippen molar-refractivity contribution in [3.63, 3.8) is 0 Å². The number of benzene rings is 1. The van der Waals surface area contributed by atoms with Gasteiger partial charge in [-0.05, 0) is 41.3 Å². The van der Waals surface area contributed by atoms with Gasteiger partial charge in [0.1, 0.15) is 0 Å². The number of thiophene rings is 1. The van der Waals surface area contributed by atoms with Gasteiger partial charge in [0.2, 0.25) is 0 Å². The first-order valence-corrected chi connectivity index (χ1v) is 6.70. The van der Waals surface area contributed by atoms with Gasteiger partial charge in [-0.15, -0.1) is 11.3 Å². The van der Waals surface area contributed by atoms with E-state index in [9.17, 15) is 0 Å². The van der Waals surface area contributed by atoms with E-state index in [4.69, 9.17) is 0 Å². The van der Waals surface area contributed by atoms with Crippen molar-refractivity contribution in [3.05, 3.63) is 64.5 Å². The predicted molar refractivity (Wildman–Crippen MR) is 79.8 cm³/mol. The van der Waals surface area contributed by atoms with Crippen LogP contribution in [0.15, 0.2) is 54.0 Å². The van der Waals surface area contributed by atoms with E-state index in [0.29, 0.717) is 0 Å². The van der Waals surface area contributed by atoms with Crippen molar-refractivity contribution in [2.24, 2.45) is 0 Å². The Hall–Kier alpha value is -2.55. The second-order valence-corrected chi connectivity index (χ2v) is 4.84. The van der Waals surface area contributed by atoms with E-state index in [1.165, 1.54) is 0 Å². The van der Waals surface area contributed by atoms with Gasteiger partial charge in [-0.2, -0.15) is 0 Å². The number of hydrogen-bond donors (Lipinski definition) is 0. The highest BCUT2D eigenvalue weighted by molar-refractivity contribution is 7.10. The van der Waals surface area contributed by atoms with Crippen LogP contribution in [0.4, 0.5) is 0 Å². The third kappa shape index (κ3) is 2.83. The lowest BCUT2D eigenvalue weighted by Crippen LogP contribution is -1.80. The van der Waals surface area contributed by atoms with Gasteiger partial charge < -0.3 is 0 Å². The summed E-state index contributed by atoms with van der Waals surface area (Å²) in [4.78, 5) is 5.39. The molecule has 0 aliphatic rings. The summed E-state index contributed by atoms with van der Waals surface area (Å²) in [6.07, 6.45) is 1.78. The minimum absolute atomic E-state index is 0.888. The zero-order chi connectivity index (χ0) is 12.9. The van der Waals surface area contributed by atoms with Gasteiger partial charge in [-0.25, -0.2) is 0 Å². The zero-order valence-electron chi connectivity index (χ0n) is 10.1. The Morgan fingerprint density at radius 2 is 1.84 bits per heavy atom. The molecule has 88 valence electrons. The third-order valence-corrected chi connectivity index (χ3v) is 3.35. The quantitative estimate of drug-likeness (QED) is 0.561. The normalized spacial score (nSPS) is 9.26. The molecule has 0 saturated carbocycles. The Morgan fingerprint density at radius 3 is 2.74 bits per heavy atom. The molecule has 2 aromatic heterocycles. The number of pyridine rings is 1. The monoisotopic (exact) mass is 259 g/mol. The van der Waals surface area contributed by atoms with Gasteiger partial charge in [-0.1, -0.05) is 30.2 Å². The number of para-hydroxylation sites is 1. The van der Waals surface area contributed by atoms with Crippen LogP contribution < -0.4 is 0 Å². The summed E-state index contributed by atoms with van der Waals surface area (Å²) in [6, 6.07) is 14.0. The van der Waals surface area contributed by atoms with Crippen LogP contribution in [-0.4, -0.2) is 4.98 Å². The zero-order valence-corrected chi connectivity index (χ0v) is 10.9. The summed E-state index contributed by atoms with van der Waals surface area (Å²) in [7, 11) is 0. The molecular formula is C17H9NS. The summed E-state index contributed by atoms with van der Waals surface area (Å²) in [5, 5.41) is 3.10. The minimum Gasteiger partial charge on any atom is -0.255 e. The van der Waals surface area contributed by atoms with Gasteiger partial charge in [0.25, 0.3) is 0 Å². The van der Waals surface area contributed by atoms with E-state index < -0.39 is 0 Å². The van der Waals surface area contributed by atoms with Gasteiger partial charge in [0, 0.05) is 17.1 Å². The highest BCUT2D eigenvalue weighted by Gasteiger charge is 1.93. The van der Waals surface area contributed by atoms with Gasteiger partial charge in [0.15, 0.2) is 0 Å². The molecule has 2 heterocycles. The SMILES string of the molecule is C(C#Cc1cccs1)#Cc1cnc2ccccc2c1. The Balaban J connectivity index is 1.86. The molecule has 0 saturated heterocycles. The maximum atomic E-state index is 4.36. The number of fused-ring (bicyclic) bond motifs is 1. The van der Waals surface area contributed by atoms with E-state index in [-0.39, 0.29) is 0 Å². The van der Waals surface area contributed by atoms with Crippen molar-refractivity contribution in [1.82, 2.24) is 4.98 Å².